The number of aliphatic carboxylic acids is 1. The van der Waals surface area contributed by atoms with Crippen LogP contribution < -0.4 is 0 Å². The van der Waals surface area contributed by atoms with Crippen molar-refractivity contribution < 1.29 is 14.7 Å². The van der Waals surface area contributed by atoms with E-state index in [-0.39, 0.29) is 17.4 Å². The van der Waals surface area contributed by atoms with Crippen LogP contribution in [-0.2, 0) is 4.79 Å². The molecule has 0 radical (unpaired) electrons. The molecule has 1 aromatic rings. The molecule has 2 fully saturated rings. The van der Waals surface area contributed by atoms with E-state index in [9.17, 15) is 14.7 Å². The first-order valence-electron chi connectivity index (χ1n) is 6.73. The molecule has 1 aromatic heterocycles. The number of carboxylic acids is 1. The Morgan fingerprint density at radius 2 is 2.20 bits per heavy atom. The third-order valence-corrected chi connectivity index (χ3v) is 4.73. The maximum atomic E-state index is 12.6. The van der Waals surface area contributed by atoms with Gasteiger partial charge in [-0.1, -0.05) is 18.0 Å². The van der Waals surface area contributed by atoms with E-state index in [1.165, 1.54) is 17.3 Å². The zero-order valence-corrected chi connectivity index (χ0v) is 11.6. The van der Waals surface area contributed by atoms with Crippen LogP contribution >= 0.6 is 11.6 Å². The number of halogens is 1. The molecule has 2 heterocycles. The summed E-state index contributed by atoms with van der Waals surface area (Å²) >= 11 is 6.01. The van der Waals surface area contributed by atoms with E-state index in [0.29, 0.717) is 17.5 Å². The molecular formula is C14H15ClN2O3. The summed E-state index contributed by atoms with van der Waals surface area (Å²) in [6.07, 6.45) is 5.84. The molecule has 2 aliphatic rings. The minimum Gasteiger partial charge on any atom is -0.480 e. The number of fused-ring (bicyclic) bond motifs is 1. The van der Waals surface area contributed by atoms with E-state index in [2.05, 4.69) is 4.98 Å². The summed E-state index contributed by atoms with van der Waals surface area (Å²) in [5.41, 5.74) is 0.278. The van der Waals surface area contributed by atoms with Gasteiger partial charge in [-0.05, 0) is 30.7 Å². The first-order chi connectivity index (χ1) is 9.59. The van der Waals surface area contributed by atoms with Crippen LogP contribution in [0.15, 0.2) is 18.5 Å². The molecule has 3 unspecified atom stereocenters. The highest BCUT2D eigenvalue weighted by atomic mass is 35.5. The monoisotopic (exact) mass is 294 g/mol. The van der Waals surface area contributed by atoms with E-state index in [1.807, 2.05) is 0 Å². The summed E-state index contributed by atoms with van der Waals surface area (Å²) in [5.74, 6) is -0.875. The Morgan fingerprint density at radius 1 is 1.40 bits per heavy atom. The predicted octanol–water partition coefficient (Wildman–Crippen LogP) is 2.06. The van der Waals surface area contributed by atoms with Crippen molar-refractivity contribution in [1.82, 2.24) is 9.88 Å². The van der Waals surface area contributed by atoms with Gasteiger partial charge in [-0.25, -0.2) is 4.79 Å². The standard InChI is InChI=1S/C14H15ClN2O3/c15-11-4-5-16-6-10(11)13(18)17-7-8-2-1-3-9(8)12(17)14(19)20/h4-6,8-9,12H,1-3,7H2,(H,19,20). The highest BCUT2D eigenvalue weighted by Crippen LogP contribution is 2.42. The Hall–Kier alpha value is -1.62. The molecule has 0 bridgehead atoms. The van der Waals surface area contributed by atoms with Gasteiger partial charge in [-0.2, -0.15) is 0 Å². The first kappa shape index (κ1) is 13.4. The smallest absolute Gasteiger partial charge is 0.326 e. The summed E-state index contributed by atoms with van der Waals surface area (Å²) in [5, 5.41) is 9.76. The zero-order valence-electron chi connectivity index (χ0n) is 10.8. The van der Waals surface area contributed by atoms with Crippen molar-refractivity contribution in [2.24, 2.45) is 11.8 Å². The molecular weight excluding hydrogens is 280 g/mol. The Bertz CT molecular complexity index is 563. The number of amides is 1. The molecule has 1 amide bonds. The molecule has 1 aliphatic carbocycles. The quantitative estimate of drug-likeness (QED) is 0.906. The van der Waals surface area contributed by atoms with E-state index in [0.717, 1.165) is 19.3 Å². The lowest BCUT2D eigenvalue weighted by Crippen LogP contribution is -2.43. The van der Waals surface area contributed by atoms with Crippen LogP contribution in [0.1, 0.15) is 29.6 Å². The van der Waals surface area contributed by atoms with Crippen molar-refractivity contribution in [2.45, 2.75) is 25.3 Å². The topological polar surface area (TPSA) is 70.5 Å². The second-order valence-corrected chi connectivity index (χ2v) is 5.86. The predicted molar refractivity (Wildman–Crippen MR) is 72.5 cm³/mol. The summed E-state index contributed by atoms with van der Waals surface area (Å²) in [6.45, 7) is 0.506. The van der Waals surface area contributed by atoms with Gasteiger partial charge in [0.25, 0.3) is 5.91 Å². The number of pyridine rings is 1. The van der Waals surface area contributed by atoms with E-state index in [4.69, 9.17) is 11.6 Å². The van der Waals surface area contributed by atoms with Crippen molar-refractivity contribution in [3.05, 3.63) is 29.0 Å². The number of aromatic nitrogens is 1. The summed E-state index contributed by atoms with van der Waals surface area (Å²) in [6, 6.07) is 0.813. The molecule has 0 spiro atoms. The molecule has 3 atom stereocenters. The van der Waals surface area contributed by atoms with Crippen LogP contribution in [0.3, 0.4) is 0 Å². The van der Waals surface area contributed by atoms with Crippen molar-refractivity contribution in [1.29, 1.82) is 0 Å². The summed E-state index contributed by atoms with van der Waals surface area (Å²) in [4.78, 5) is 29.4. The van der Waals surface area contributed by atoms with E-state index >= 15 is 0 Å². The van der Waals surface area contributed by atoms with Gasteiger partial charge in [0, 0.05) is 18.9 Å². The minimum atomic E-state index is -0.923. The van der Waals surface area contributed by atoms with Crippen LogP contribution in [0.25, 0.3) is 0 Å². The highest BCUT2D eigenvalue weighted by Gasteiger charge is 2.49. The lowest BCUT2D eigenvalue weighted by molar-refractivity contribution is -0.142. The normalized spacial score (nSPS) is 28.4. The number of likely N-dealkylation sites (tertiary alicyclic amines) is 1. The molecule has 6 heteroatoms. The maximum absolute atomic E-state index is 12.6. The van der Waals surface area contributed by atoms with Gasteiger partial charge >= 0.3 is 5.97 Å². The number of carbonyl (C=O) groups excluding carboxylic acids is 1. The summed E-state index contributed by atoms with van der Waals surface area (Å²) in [7, 11) is 0. The van der Waals surface area contributed by atoms with Crippen LogP contribution in [0, 0.1) is 11.8 Å². The molecule has 5 nitrogen and oxygen atoms in total. The minimum absolute atomic E-state index is 0.0758. The maximum Gasteiger partial charge on any atom is 0.326 e. The number of hydrogen-bond acceptors (Lipinski definition) is 3. The molecule has 20 heavy (non-hydrogen) atoms. The summed E-state index contributed by atoms with van der Waals surface area (Å²) < 4.78 is 0. The highest BCUT2D eigenvalue weighted by molar-refractivity contribution is 6.33. The zero-order chi connectivity index (χ0) is 14.3. The largest absolute Gasteiger partial charge is 0.480 e. The molecule has 1 saturated carbocycles. The number of rotatable bonds is 2. The third kappa shape index (κ3) is 2.06. The van der Waals surface area contributed by atoms with Crippen LogP contribution in [-0.4, -0.2) is 39.5 Å². The van der Waals surface area contributed by atoms with Gasteiger partial charge < -0.3 is 10.0 Å². The van der Waals surface area contributed by atoms with Gasteiger partial charge in [0.15, 0.2) is 0 Å². The Morgan fingerprint density at radius 3 is 2.90 bits per heavy atom. The molecule has 1 N–H and O–H groups in total. The van der Waals surface area contributed by atoms with E-state index in [1.54, 1.807) is 6.07 Å². The Labute approximate surface area is 121 Å². The molecule has 0 aromatic carbocycles. The molecule has 1 aliphatic heterocycles. The Kier molecular flexibility index (Phi) is 3.38. The number of hydrogen-bond donors (Lipinski definition) is 1. The number of nitrogens with zero attached hydrogens (tertiary/aromatic N) is 2. The second-order valence-electron chi connectivity index (χ2n) is 5.45. The lowest BCUT2D eigenvalue weighted by atomic mass is 9.94. The number of carboxylic acid groups (broad SMARTS) is 1. The second kappa shape index (κ2) is 5.05. The van der Waals surface area contributed by atoms with Gasteiger partial charge in [0.05, 0.1) is 10.6 Å². The van der Waals surface area contributed by atoms with Crippen LogP contribution in [0.5, 0.6) is 0 Å². The van der Waals surface area contributed by atoms with Gasteiger partial charge in [0.2, 0.25) is 0 Å². The molecule has 106 valence electrons. The van der Waals surface area contributed by atoms with Gasteiger partial charge in [-0.3, -0.25) is 9.78 Å². The fourth-order valence-corrected chi connectivity index (χ4v) is 3.71. The fraction of sp³-hybridized carbons (Fsp3) is 0.500. The lowest BCUT2D eigenvalue weighted by Gasteiger charge is -2.24. The first-order valence-corrected chi connectivity index (χ1v) is 7.10. The van der Waals surface area contributed by atoms with Gasteiger partial charge in [0.1, 0.15) is 6.04 Å². The third-order valence-electron chi connectivity index (χ3n) is 4.40. The van der Waals surface area contributed by atoms with Crippen molar-refractivity contribution in [3.63, 3.8) is 0 Å². The van der Waals surface area contributed by atoms with Crippen LogP contribution in [0.4, 0.5) is 0 Å². The average molecular weight is 295 g/mol. The van der Waals surface area contributed by atoms with Crippen molar-refractivity contribution >= 4 is 23.5 Å². The van der Waals surface area contributed by atoms with Gasteiger partial charge in [-0.15, -0.1) is 0 Å². The number of carbonyl (C=O) groups is 2. The average Bonchev–Trinajstić information content (AvgIpc) is 2.97. The SMILES string of the molecule is O=C(O)C1C2CCCC2CN1C(=O)c1cnccc1Cl. The van der Waals surface area contributed by atoms with Crippen molar-refractivity contribution in [2.75, 3.05) is 6.54 Å². The fourth-order valence-electron chi connectivity index (χ4n) is 3.52. The van der Waals surface area contributed by atoms with Crippen LogP contribution in [0.2, 0.25) is 5.02 Å². The van der Waals surface area contributed by atoms with Crippen molar-refractivity contribution in [3.8, 4) is 0 Å². The van der Waals surface area contributed by atoms with E-state index < -0.39 is 12.0 Å². The molecule has 1 saturated heterocycles. The Balaban J connectivity index is 1.91. The molecule has 3 rings (SSSR count).